The highest BCUT2D eigenvalue weighted by Gasteiger charge is 2.18. The molecule has 1 saturated heterocycles. The predicted octanol–water partition coefficient (Wildman–Crippen LogP) is 1.73. The maximum absolute atomic E-state index is 5.45. The Hall–Kier alpha value is -2.06. The van der Waals surface area contributed by atoms with Crippen LogP contribution in [0.15, 0.2) is 10.6 Å². The van der Waals surface area contributed by atoms with Crippen LogP contribution in [0, 0.1) is 13.8 Å². The van der Waals surface area contributed by atoms with E-state index < -0.39 is 0 Å². The maximum atomic E-state index is 5.45. The number of anilines is 1. The monoisotopic (exact) mass is 346 g/mol. The summed E-state index contributed by atoms with van der Waals surface area (Å²) in [6.07, 6.45) is 1.07. The Balaban J connectivity index is 1.63. The molecule has 1 aliphatic rings. The maximum Gasteiger partial charge on any atom is 0.223 e. The third-order valence-corrected chi connectivity index (χ3v) is 4.17. The van der Waals surface area contributed by atoms with E-state index in [2.05, 4.69) is 29.9 Å². The Labute approximate surface area is 148 Å². The van der Waals surface area contributed by atoms with Crippen LogP contribution in [0.1, 0.15) is 36.6 Å². The highest BCUT2D eigenvalue weighted by molar-refractivity contribution is 5.40. The van der Waals surface area contributed by atoms with E-state index >= 15 is 0 Å². The zero-order valence-corrected chi connectivity index (χ0v) is 15.2. The lowest BCUT2D eigenvalue weighted by Crippen LogP contribution is -2.31. The van der Waals surface area contributed by atoms with Gasteiger partial charge < -0.3 is 14.2 Å². The van der Waals surface area contributed by atoms with Crippen LogP contribution in [0.2, 0.25) is 0 Å². The molecule has 8 nitrogen and oxygen atoms in total. The summed E-state index contributed by atoms with van der Waals surface area (Å²) in [5.41, 5.74) is 0.975. The molecule has 0 atom stereocenters. The van der Waals surface area contributed by atoms with Gasteiger partial charge in [0.1, 0.15) is 12.4 Å². The van der Waals surface area contributed by atoms with E-state index in [9.17, 15) is 0 Å². The van der Waals surface area contributed by atoms with Crippen molar-refractivity contribution in [2.75, 3.05) is 37.7 Å². The summed E-state index contributed by atoms with van der Waals surface area (Å²) in [7, 11) is 0. The van der Waals surface area contributed by atoms with Gasteiger partial charge in [-0.05, 0) is 20.3 Å². The van der Waals surface area contributed by atoms with Gasteiger partial charge in [0.05, 0.1) is 6.54 Å². The van der Waals surface area contributed by atoms with E-state index in [1.807, 2.05) is 26.8 Å². The van der Waals surface area contributed by atoms with E-state index in [4.69, 9.17) is 9.26 Å². The lowest BCUT2D eigenvalue weighted by atomic mass is 10.3. The quantitative estimate of drug-likeness (QED) is 0.782. The normalized spacial score (nSPS) is 16.2. The van der Waals surface area contributed by atoms with Crippen molar-refractivity contribution >= 4 is 5.82 Å². The van der Waals surface area contributed by atoms with Gasteiger partial charge in [-0.1, -0.05) is 5.16 Å². The number of ether oxygens (including phenoxy) is 1. The van der Waals surface area contributed by atoms with E-state index in [0.717, 1.165) is 62.3 Å². The van der Waals surface area contributed by atoms with Crippen LogP contribution < -0.4 is 4.90 Å². The van der Waals surface area contributed by atoms with Crippen molar-refractivity contribution < 1.29 is 9.26 Å². The van der Waals surface area contributed by atoms with Gasteiger partial charge in [-0.3, -0.25) is 4.90 Å². The molecule has 1 aliphatic heterocycles. The fourth-order valence-corrected chi connectivity index (χ4v) is 3.00. The Kier molecular flexibility index (Phi) is 5.93. The van der Waals surface area contributed by atoms with Crippen LogP contribution in [0.3, 0.4) is 0 Å². The summed E-state index contributed by atoms with van der Waals surface area (Å²) < 4.78 is 10.5. The molecule has 1 fully saturated rings. The van der Waals surface area contributed by atoms with Gasteiger partial charge in [-0.15, -0.1) is 0 Å². The number of aromatic nitrogens is 4. The van der Waals surface area contributed by atoms with Crippen LogP contribution in [0.5, 0.6) is 0 Å². The van der Waals surface area contributed by atoms with Crippen molar-refractivity contribution in [3.63, 3.8) is 0 Å². The van der Waals surface area contributed by atoms with Crippen LogP contribution >= 0.6 is 0 Å². The number of nitrogens with zero attached hydrogens (tertiary/aromatic N) is 6. The van der Waals surface area contributed by atoms with Crippen molar-refractivity contribution in [1.29, 1.82) is 0 Å². The standard InChI is InChI=1S/C17H26N6O2/c1-4-24-12-16-18-13(2)10-17(20-16)23-7-5-6-22(8-9-23)11-15-19-14(3)25-21-15/h10H,4-9,11-12H2,1-3H3. The van der Waals surface area contributed by atoms with Crippen LogP contribution in [-0.4, -0.2) is 57.8 Å². The molecule has 0 unspecified atom stereocenters. The summed E-state index contributed by atoms with van der Waals surface area (Å²) in [5.74, 6) is 3.10. The molecule has 0 radical (unpaired) electrons. The van der Waals surface area contributed by atoms with Gasteiger partial charge in [0.2, 0.25) is 5.89 Å². The van der Waals surface area contributed by atoms with Crippen molar-refractivity contribution in [3.8, 4) is 0 Å². The lowest BCUT2D eigenvalue weighted by Gasteiger charge is -2.23. The third kappa shape index (κ3) is 4.96. The van der Waals surface area contributed by atoms with E-state index in [1.54, 1.807) is 0 Å². The topological polar surface area (TPSA) is 80.4 Å². The first kappa shape index (κ1) is 17.8. The van der Waals surface area contributed by atoms with Gasteiger partial charge >= 0.3 is 0 Å². The molecule has 0 saturated carbocycles. The number of aryl methyl sites for hydroxylation is 2. The van der Waals surface area contributed by atoms with Crippen LogP contribution in [0.25, 0.3) is 0 Å². The molecule has 0 aliphatic carbocycles. The molecule has 136 valence electrons. The summed E-state index contributed by atoms with van der Waals surface area (Å²) in [6.45, 7) is 11.5. The Bertz CT molecular complexity index is 690. The average molecular weight is 346 g/mol. The first-order valence-corrected chi connectivity index (χ1v) is 8.83. The predicted molar refractivity (Wildman–Crippen MR) is 93.2 cm³/mol. The van der Waals surface area contributed by atoms with Gasteiger partial charge in [0, 0.05) is 51.5 Å². The van der Waals surface area contributed by atoms with Gasteiger partial charge in [0.15, 0.2) is 11.6 Å². The van der Waals surface area contributed by atoms with Gasteiger partial charge in [-0.25, -0.2) is 9.97 Å². The zero-order valence-electron chi connectivity index (χ0n) is 15.2. The molecule has 0 spiro atoms. The average Bonchev–Trinajstić information content (AvgIpc) is 2.85. The number of hydrogen-bond acceptors (Lipinski definition) is 8. The molecule has 2 aromatic heterocycles. The lowest BCUT2D eigenvalue weighted by molar-refractivity contribution is 0.128. The van der Waals surface area contributed by atoms with Crippen LogP contribution in [-0.2, 0) is 17.9 Å². The Morgan fingerprint density at radius 3 is 2.72 bits per heavy atom. The highest BCUT2D eigenvalue weighted by atomic mass is 16.5. The smallest absolute Gasteiger partial charge is 0.223 e. The zero-order chi connectivity index (χ0) is 17.6. The molecule has 8 heteroatoms. The molecular formula is C17H26N6O2. The van der Waals surface area contributed by atoms with Crippen molar-refractivity contribution in [2.45, 2.75) is 40.3 Å². The number of rotatable bonds is 6. The van der Waals surface area contributed by atoms with Crippen molar-refractivity contribution in [3.05, 3.63) is 29.3 Å². The van der Waals surface area contributed by atoms with E-state index in [-0.39, 0.29) is 0 Å². The minimum absolute atomic E-state index is 0.461. The molecule has 0 amide bonds. The van der Waals surface area contributed by atoms with Gasteiger partial charge in [0.25, 0.3) is 0 Å². The molecular weight excluding hydrogens is 320 g/mol. The minimum atomic E-state index is 0.461. The molecule has 0 N–H and O–H groups in total. The second-order valence-corrected chi connectivity index (χ2v) is 6.27. The SMILES string of the molecule is CCOCc1nc(C)cc(N2CCCN(Cc3noc(C)n3)CC2)n1. The van der Waals surface area contributed by atoms with Crippen LogP contribution in [0.4, 0.5) is 5.82 Å². The third-order valence-electron chi connectivity index (χ3n) is 4.17. The van der Waals surface area contributed by atoms with Gasteiger partial charge in [-0.2, -0.15) is 4.98 Å². The second-order valence-electron chi connectivity index (χ2n) is 6.27. The summed E-state index contributed by atoms with van der Waals surface area (Å²) >= 11 is 0. The fraction of sp³-hybridized carbons (Fsp3) is 0.647. The summed E-state index contributed by atoms with van der Waals surface area (Å²) in [6, 6.07) is 2.05. The Morgan fingerprint density at radius 2 is 1.96 bits per heavy atom. The van der Waals surface area contributed by atoms with Crippen molar-refractivity contribution in [1.82, 2.24) is 25.0 Å². The largest absolute Gasteiger partial charge is 0.374 e. The van der Waals surface area contributed by atoms with Crippen molar-refractivity contribution in [2.24, 2.45) is 0 Å². The molecule has 0 aromatic carbocycles. The molecule has 25 heavy (non-hydrogen) atoms. The number of hydrogen-bond donors (Lipinski definition) is 0. The second kappa shape index (κ2) is 8.35. The Morgan fingerprint density at radius 1 is 1.08 bits per heavy atom. The minimum Gasteiger partial charge on any atom is -0.374 e. The first-order chi connectivity index (χ1) is 12.1. The molecule has 3 rings (SSSR count). The summed E-state index contributed by atoms with van der Waals surface area (Å²) in [5, 5.41) is 3.99. The summed E-state index contributed by atoms with van der Waals surface area (Å²) in [4.78, 5) is 18.1. The first-order valence-electron chi connectivity index (χ1n) is 8.83. The highest BCUT2D eigenvalue weighted by Crippen LogP contribution is 2.16. The molecule has 2 aromatic rings. The fourth-order valence-electron chi connectivity index (χ4n) is 3.00. The molecule has 3 heterocycles. The van der Waals surface area contributed by atoms with E-state index in [1.165, 1.54) is 0 Å². The molecule has 0 bridgehead atoms. The van der Waals surface area contributed by atoms with E-state index in [0.29, 0.717) is 19.1 Å².